The highest BCUT2D eigenvalue weighted by molar-refractivity contribution is 6.08. The van der Waals surface area contributed by atoms with Crippen LogP contribution in [0.4, 0.5) is 24.5 Å². The van der Waals surface area contributed by atoms with E-state index in [1.54, 1.807) is 19.1 Å². The highest BCUT2D eigenvalue weighted by Crippen LogP contribution is 2.34. The molecule has 1 aliphatic rings. The van der Waals surface area contributed by atoms with E-state index in [1.165, 1.54) is 13.2 Å². The Hall–Kier alpha value is -2.77. The van der Waals surface area contributed by atoms with Crippen LogP contribution < -0.4 is 15.4 Å². The summed E-state index contributed by atoms with van der Waals surface area (Å²) in [5.74, 6) is 0.232. The van der Waals surface area contributed by atoms with Crippen molar-refractivity contribution < 1.29 is 22.7 Å². The van der Waals surface area contributed by atoms with E-state index < -0.39 is 17.6 Å². The van der Waals surface area contributed by atoms with Gasteiger partial charge in [-0.1, -0.05) is 19.8 Å². The fourth-order valence-corrected chi connectivity index (χ4v) is 3.74. The van der Waals surface area contributed by atoms with E-state index in [-0.39, 0.29) is 17.3 Å². The van der Waals surface area contributed by atoms with Gasteiger partial charge in [-0.3, -0.25) is 4.79 Å². The number of anilines is 2. The van der Waals surface area contributed by atoms with Crippen LogP contribution in [0.15, 0.2) is 30.3 Å². The molecule has 3 rings (SSSR count). The number of nitrogens with one attached hydrogen (secondary N) is 2. The lowest BCUT2D eigenvalue weighted by molar-refractivity contribution is -0.137. The molecule has 30 heavy (non-hydrogen) atoms. The summed E-state index contributed by atoms with van der Waals surface area (Å²) in [5, 5.41) is 5.96. The molecule has 2 N–H and O–H groups in total. The third kappa shape index (κ3) is 5.04. The van der Waals surface area contributed by atoms with Crippen LogP contribution in [-0.4, -0.2) is 24.0 Å². The molecular weight excluding hydrogens is 395 g/mol. The lowest BCUT2D eigenvalue weighted by Gasteiger charge is -2.31. The van der Waals surface area contributed by atoms with Gasteiger partial charge in [-0.2, -0.15) is 13.2 Å². The Kier molecular flexibility index (Phi) is 6.53. The number of aromatic nitrogens is 1. The minimum Gasteiger partial charge on any atom is -0.481 e. The minimum absolute atomic E-state index is 0.0261. The van der Waals surface area contributed by atoms with E-state index in [2.05, 4.69) is 22.5 Å². The molecule has 0 saturated heterocycles. The van der Waals surface area contributed by atoms with Crippen LogP contribution in [0.2, 0.25) is 0 Å². The SMILES string of the molecule is COc1ccc(NC(=O)c2ccc(C(F)(F)F)cc2N[C@H]2CCCC[C@H]2C)c(C)n1. The van der Waals surface area contributed by atoms with Gasteiger partial charge in [-0.15, -0.1) is 0 Å². The van der Waals surface area contributed by atoms with E-state index in [1.807, 2.05) is 0 Å². The number of carbonyl (C=O) groups is 1. The zero-order valence-electron chi connectivity index (χ0n) is 17.3. The van der Waals surface area contributed by atoms with E-state index >= 15 is 0 Å². The van der Waals surface area contributed by atoms with Crippen molar-refractivity contribution in [3.63, 3.8) is 0 Å². The molecule has 1 saturated carbocycles. The Balaban J connectivity index is 1.91. The first-order valence-electron chi connectivity index (χ1n) is 10.00. The lowest BCUT2D eigenvalue weighted by Crippen LogP contribution is -2.31. The Morgan fingerprint density at radius 2 is 1.87 bits per heavy atom. The number of halogens is 3. The molecule has 1 heterocycles. The molecule has 0 spiro atoms. The van der Waals surface area contributed by atoms with E-state index in [4.69, 9.17) is 4.74 Å². The summed E-state index contributed by atoms with van der Waals surface area (Å²) in [5.41, 5.74) is 0.589. The number of nitrogens with zero attached hydrogens (tertiary/aromatic N) is 1. The number of aryl methyl sites for hydroxylation is 1. The van der Waals surface area contributed by atoms with Gasteiger partial charge in [0.1, 0.15) is 0 Å². The molecule has 2 atom stereocenters. The normalized spacial score (nSPS) is 19.3. The first kappa shape index (κ1) is 21.9. The first-order valence-corrected chi connectivity index (χ1v) is 10.00. The van der Waals surface area contributed by atoms with Crippen molar-refractivity contribution in [2.45, 2.75) is 51.7 Å². The number of methoxy groups -OCH3 is 1. The molecule has 162 valence electrons. The molecule has 1 aliphatic carbocycles. The summed E-state index contributed by atoms with van der Waals surface area (Å²) >= 11 is 0. The van der Waals surface area contributed by atoms with Gasteiger partial charge in [0.05, 0.1) is 29.6 Å². The van der Waals surface area contributed by atoms with Crippen LogP contribution in [0.3, 0.4) is 0 Å². The fraction of sp³-hybridized carbons (Fsp3) is 0.455. The molecule has 1 amide bonds. The molecular formula is C22H26F3N3O2. The average molecular weight is 421 g/mol. The zero-order chi connectivity index (χ0) is 21.9. The van der Waals surface area contributed by atoms with Gasteiger partial charge in [-0.25, -0.2) is 4.98 Å². The molecule has 8 heteroatoms. The fourth-order valence-electron chi connectivity index (χ4n) is 3.74. The van der Waals surface area contributed by atoms with E-state index in [0.29, 0.717) is 23.2 Å². The number of ether oxygens (including phenoxy) is 1. The maximum atomic E-state index is 13.3. The first-order chi connectivity index (χ1) is 14.2. The van der Waals surface area contributed by atoms with Crippen molar-refractivity contribution in [3.05, 3.63) is 47.2 Å². The maximum absolute atomic E-state index is 13.3. The summed E-state index contributed by atoms with van der Waals surface area (Å²) in [6.45, 7) is 3.80. The van der Waals surface area contributed by atoms with Gasteiger partial charge in [0.25, 0.3) is 5.91 Å². The minimum atomic E-state index is -4.49. The van der Waals surface area contributed by atoms with E-state index in [0.717, 1.165) is 37.8 Å². The second-order valence-corrected chi connectivity index (χ2v) is 7.71. The zero-order valence-corrected chi connectivity index (χ0v) is 17.3. The summed E-state index contributed by atoms with van der Waals surface area (Å²) in [6, 6.07) is 6.47. The molecule has 0 unspecified atom stereocenters. The number of hydrogen-bond acceptors (Lipinski definition) is 4. The van der Waals surface area contributed by atoms with Gasteiger partial charge in [0.2, 0.25) is 5.88 Å². The molecule has 2 aromatic rings. The van der Waals surface area contributed by atoms with Gasteiger partial charge in [0, 0.05) is 17.8 Å². The Morgan fingerprint density at radius 1 is 1.13 bits per heavy atom. The van der Waals surface area contributed by atoms with Gasteiger partial charge in [-0.05, 0) is 49.9 Å². The second-order valence-electron chi connectivity index (χ2n) is 7.71. The number of hydrogen-bond donors (Lipinski definition) is 2. The lowest BCUT2D eigenvalue weighted by atomic mass is 9.85. The molecule has 1 aromatic heterocycles. The van der Waals surface area contributed by atoms with Crippen molar-refractivity contribution in [2.75, 3.05) is 17.7 Å². The molecule has 0 bridgehead atoms. The number of pyridine rings is 1. The largest absolute Gasteiger partial charge is 0.481 e. The number of alkyl halides is 3. The standard InChI is InChI=1S/C22H26F3N3O2/c1-13-6-4-5-7-17(13)27-19-12-15(22(23,24)25)8-9-16(19)21(29)28-18-10-11-20(30-3)26-14(18)2/h8-13,17,27H,4-7H2,1-3H3,(H,28,29)/t13-,17+/m1/s1. The smallest absolute Gasteiger partial charge is 0.416 e. The Labute approximate surface area is 174 Å². The van der Waals surface area contributed by atoms with Gasteiger partial charge >= 0.3 is 6.18 Å². The van der Waals surface area contributed by atoms with Crippen LogP contribution >= 0.6 is 0 Å². The molecule has 0 aliphatic heterocycles. The van der Waals surface area contributed by atoms with Crippen molar-refractivity contribution >= 4 is 17.3 Å². The van der Waals surface area contributed by atoms with Crippen molar-refractivity contribution in [2.24, 2.45) is 5.92 Å². The van der Waals surface area contributed by atoms with Crippen molar-refractivity contribution in [1.82, 2.24) is 4.98 Å². The summed E-state index contributed by atoms with van der Waals surface area (Å²) < 4.78 is 44.9. The maximum Gasteiger partial charge on any atom is 0.416 e. The molecule has 5 nitrogen and oxygen atoms in total. The topological polar surface area (TPSA) is 63.2 Å². The van der Waals surface area contributed by atoms with Crippen molar-refractivity contribution in [1.29, 1.82) is 0 Å². The predicted molar refractivity (Wildman–Crippen MR) is 110 cm³/mol. The number of amides is 1. The molecule has 0 radical (unpaired) electrons. The Bertz CT molecular complexity index is 915. The number of rotatable bonds is 5. The van der Waals surface area contributed by atoms with Crippen molar-refractivity contribution in [3.8, 4) is 5.88 Å². The van der Waals surface area contributed by atoms with Crippen LogP contribution in [-0.2, 0) is 6.18 Å². The third-order valence-electron chi connectivity index (χ3n) is 5.56. The Morgan fingerprint density at radius 3 is 2.50 bits per heavy atom. The average Bonchev–Trinajstić information content (AvgIpc) is 2.70. The molecule has 1 aromatic carbocycles. The second kappa shape index (κ2) is 8.93. The van der Waals surface area contributed by atoms with Gasteiger partial charge < -0.3 is 15.4 Å². The quantitative estimate of drug-likeness (QED) is 0.654. The monoisotopic (exact) mass is 421 g/mol. The molecule has 1 fully saturated rings. The highest BCUT2D eigenvalue weighted by Gasteiger charge is 2.32. The van der Waals surface area contributed by atoms with Crippen LogP contribution in [0, 0.1) is 12.8 Å². The third-order valence-corrected chi connectivity index (χ3v) is 5.56. The highest BCUT2D eigenvalue weighted by atomic mass is 19.4. The summed E-state index contributed by atoms with van der Waals surface area (Å²) in [6.07, 6.45) is -0.493. The predicted octanol–water partition coefficient (Wildman–Crippen LogP) is 5.66. The van der Waals surface area contributed by atoms with Gasteiger partial charge in [0.15, 0.2) is 0 Å². The van der Waals surface area contributed by atoms with E-state index in [9.17, 15) is 18.0 Å². The van der Waals surface area contributed by atoms with Crippen LogP contribution in [0.1, 0.15) is 54.2 Å². The summed E-state index contributed by atoms with van der Waals surface area (Å²) in [4.78, 5) is 17.1. The number of carbonyl (C=O) groups excluding carboxylic acids is 1. The summed E-state index contributed by atoms with van der Waals surface area (Å²) in [7, 11) is 1.49. The van der Waals surface area contributed by atoms with Crippen LogP contribution in [0.25, 0.3) is 0 Å². The van der Waals surface area contributed by atoms with Crippen LogP contribution in [0.5, 0.6) is 5.88 Å². The number of benzene rings is 1.